The Morgan fingerprint density at radius 1 is 1.20 bits per heavy atom. The number of hydrogen-bond acceptors (Lipinski definition) is 5. The number of carbonyl (C=O) groups excluding carboxylic acids is 1. The number of phenolic OH excluding ortho intramolecular Hbond substituents is 2. The summed E-state index contributed by atoms with van der Waals surface area (Å²) >= 11 is 11.8. The van der Waals surface area contributed by atoms with Crippen LogP contribution in [0.25, 0.3) is 0 Å². The first-order chi connectivity index (χ1) is 12.0. The molecule has 0 saturated heterocycles. The lowest BCUT2D eigenvalue weighted by molar-refractivity contribution is -0.121. The zero-order valence-corrected chi connectivity index (χ0v) is 14.6. The van der Waals surface area contributed by atoms with Crippen molar-refractivity contribution in [1.82, 2.24) is 5.43 Å². The zero-order chi connectivity index (χ0) is 18.2. The van der Waals surface area contributed by atoms with Crippen LogP contribution in [-0.4, -0.2) is 28.9 Å². The van der Waals surface area contributed by atoms with Crippen molar-refractivity contribution < 1.29 is 19.7 Å². The number of ether oxygens (including phenoxy) is 1. The van der Waals surface area contributed by atoms with Gasteiger partial charge in [-0.25, -0.2) is 5.43 Å². The Bertz CT molecular complexity index is 781. The van der Waals surface area contributed by atoms with Crippen molar-refractivity contribution in [2.45, 2.75) is 12.8 Å². The molecule has 0 heterocycles. The molecule has 0 atom stereocenters. The number of aromatic hydroxyl groups is 2. The zero-order valence-electron chi connectivity index (χ0n) is 13.1. The largest absolute Gasteiger partial charge is 0.508 e. The molecule has 0 aliphatic rings. The summed E-state index contributed by atoms with van der Waals surface area (Å²) in [4.78, 5) is 11.7. The van der Waals surface area contributed by atoms with Gasteiger partial charge in [-0.3, -0.25) is 4.79 Å². The van der Waals surface area contributed by atoms with Gasteiger partial charge in [0.15, 0.2) is 0 Å². The third-order valence-corrected chi connectivity index (χ3v) is 3.64. The number of hydrogen-bond donors (Lipinski definition) is 3. The van der Waals surface area contributed by atoms with Gasteiger partial charge in [-0.15, -0.1) is 0 Å². The van der Waals surface area contributed by atoms with E-state index < -0.39 is 0 Å². The predicted octanol–water partition coefficient (Wildman–Crippen LogP) is 3.71. The fourth-order valence-electron chi connectivity index (χ4n) is 1.88. The van der Waals surface area contributed by atoms with Gasteiger partial charge < -0.3 is 14.9 Å². The second-order valence-electron chi connectivity index (χ2n) is 5.06. The van der Waals surface area contributed by atoms with Crippen LogP contribution in [0.5, 0.6) is 17.2 Å². The van der Waals surface area contributed by atoms with Crippen LogP contribution in [0, 0.1) is 0 Å². The quantitative estimate of drug-likeness (QED) is 0.386. The van der Waals surface area contributed by atoms with Crippen LogP contribution >= 0.6 is 23.2 Å². The maximum Gasteiger partial charge on any atom is 0.240 e. The van der Waals surface area contributed by atoms with Gasteiger partial charge in [0.1, 0.15) is 17.2 Å². The van der Waals surface area contributed by atoms with Crippen molar-refractivity contribution in [2.24, 2.45) is 5.10 Å². The molecule has 0 aromatic heterocycles. The number of hydrazone groups is 1. The Morgan fingerprint density at radius 3 is 2.72 bits per heavy atom. The lowest BCUT2D eigenvalue weighted by Gasteiger charge is -2.07. The van der Waals surface area contributed by atoms with Crippen LogP contribution < -0.4 is 10.2 Å². The van der Waals surface area contributed by atoms with Crippen LogP contribution in [0.15, 0.2) is 41.5 Å². The van der Waals surface area contributed by atoms with Gasteiger partial charge in [-0.05, 0) is 36.8 Å². The molecular weight excluding hydrogens is 367 g/mol. The SMILES string of the molecule is O=C(CCCOc1ccc(Cl)cc1Cl)N/N=C\c1ccc(O)cc1O. The number of benzene rings is 2. The second-order valence-corrected chi connectivity index (χ2v) is 5.91. The summed E-state index contributed by atoms with van der Waals surface area (Å²) in [5.74, 6) is 0.0262. The third-order valence-electron chi connectivity index (χ3n) is 3.11. The minimum absolute atomic E-state index is 0.0560. The molecule has 3 N–H and O–H groups in total. The molecule has 6 nitrogen and oxygen atoms in total. The summed E-state index contributed by atoms with van der Waals surface area (Å²) in [5.41, 5.74) is 2.72. The average molecular weight is 383 g/mol. The summed E-state index contributed by atoms with van der Waals surface area (Å²) in [6, 6.07) is 8.98. The lowest BCUT2D eigenvalue weighted by atomic mass is 10.2. The molecule has 2 aromatic carbocycles. The summed E-state index contributed by atoms with van der Waals surface area (Å²) in [5, 5.41) is 23.4. The molecule has 0 radical (unpaired) electrons. The van der Waals surface area contributed by atoms with E-state index in [4.69, 9.17) is 27.9 Å². The lowest BCUT2D eigenvalue weighted by Crippen LogP contribution is -2.18. The third kappa shape index (κ3) is 6.17. The van der Waals surface area contributed by atoms with E-state index in [1.165, 1.54) is 24.4 Å². The van der Waals surface area contributed by atoms with Gasteiger partial charge >= 0.3 is 0 Å². The highest BCUT2D eigenvalue weighted by Crippen LogP contribution is 2.27. The van der Waals surface area contributed by atoms with E-state index in [2.05, 4.69) is 10.5 Å². The fourth-order valence-corrected chi connectivity index (χ4v) is 2.34. The summed E-state index contributed by atoms with van der Waals surface area (Å²) in [6.45, 7) is 0.317. The maximum atomic E-state index is 11.7. The van der Waals surface area contributed by atoms with E-state index in [0.29, 0.717) is 34.4 Å². The fraction of sp³-hybridized carbons (Fsp3) is 0.176. The van der Waals surface area contributed by atoms with Crippen LogP contribution in [0.1, 0.15) is 18.4 Å². The summed E-state index contributed by atoms with van der Waals surface area (Å²) in [6.07, 6.45) is 1.98. The number of phenols is 2. The van der Waals surface area contributed by atoms with Crippen LogP contribution in [0.2, 0.25) is 10.0 Å². The minimum atomic E-state index is -0.291. The molecule has 0 unspecified atom stereocenters. The predicted molar refractivity (Wildman–Crippen MR) is 96.7 cm³/mol. The smallest absolute Gasteiger partial charge is 0.240 e. The number of amides is 1. The van der Waals surface area contributed by atoms with Gasteiger partial charge in [0.05, 0.1) is 17.8 Å². The minimum Gasteiger partial charge on any atom is -0.508 e. The highest BCUT2D eigenvalue weighted by atomic mass is 35.5. The normalized spacial score (nSPS) is 10.8. The summed E-state index contributed by atoms with van der Waals surface area (Å²) in [7, 11) is 0. The van der Waals surface area contributed by atoms with E-state index in [0.717, 1.165) is 0 Å². The molecule has 1 amide bonds. The molecule has 8 heteroatoms. The Morgan fingerprint density at radius 2 is 2.00 bits per heavy atom. The first kappa shape index (κ1) is 18.9. The molecule has 2 rings (SSSR count). The molecule has 0 saturated carbocycles. The van der Waals surface area contributed by atoms with Crippen molar-refractivity contribution in [3.05, 3.63) is 52.0 Å². The van der Waals surface area contributed by atoms with Gasteiger partial charge in [0.2, 0.25) is 5.91 Å². The first-order valence-corrected chi connectivity index (χ1v) is 8.13. The highest BCUT2D eigenvalue weighted by Gasteiger charge is 2.04. The monoisotopic (exact) mass is 382 g/mol. The molecule has 132 valence electrons. The highest BCUT2D eigenvalue weighted by molar-refractivity contribution is 6.35. The molecule has 2 aromatic rings. The van der Waals surface area contributed by atoms with Gasteiger partial charge in [-0.2, -0.15) is 5.10 Å². The number of nitrogens with one attached hydrogen (secondary N) is 1. The van der Waals surface area contributed by atoms with E-state index in [1.807, 2.05) is 0 Å². The standard InChI is InChI=1S/C17H16Cl2N2O4/c18-12-4-6-16(14(19)8-12)25-7-1-2-17(24)21-20-10-11-3-5-13(22)9-15(11)23/h3-6,8-10,22-23H,1-2,7H2,(H,21,24)/b20-10-. The Hall–Kier alpha value is -2.44. The van der Waals surface area contributed by atoms with Crippen LogP contribution in [0.3, 0.4) is 0 Å². The Labute approximate surface area is 154 Å². The van der Waals surface area contributed by atoms with E-state index in [1.54, 1.807) is 18.2 Å². The summed E-state index contributed by atoms with van der Waals surface area (Å²) < 4.78 is 5.48. The molecular formula is C17H16Cl2N2O4. The van der Waals surface area contributed by atoms with Crippen molar-refractivity contribution >= 4 is 35.3 Å². The molecule has 0 fully saturated rings. The van der Waals surface area contributed by atoms with Crippen molar-refractivity contribution in [3.8, 4) is 17.2 Å². The first-order valence-electron chi connectivity index (χ1n) is 7.37. The maximum absolute atomic E-state index is 11.7. The van der Waals surface area contributed by atoms with Crippen molar-refractivity contribution in [3.63, 3.8) is 0 Å². The molecule has 0 aliphatic carbocycles. The number of nitrogens with zero attached hydrogens (tertiary/aromatic N) is 1. The van der Waals surface area contributed by atoms with Crippen molar-refractivity contribution in [2.75, 3.05) is 6.61 Å². The number of halogens is 2. The number of rotatable bonds is 7. The molecule has 25 heavy (non-hydrogen) atoms. The van der Waals surface area contributed by atoms with E-state index in [-0.39, 0.29) is 23.8 Å². The van der Waals surface area contributed by atoms with Crippen LogP contribution in [0.4, 0.5) is 0 Å². The molecule has 0 bridgehead atoms. The average Bonchev–Trinajstić information content (AvgIpc) is 2.55. The Balaban J connectivity index is 1.71. The Kier molecular flexibility index (Phi) is 6.91. The van der Waals surface area contributed by atoms with E-state index in [9.17, 15) is 15.0 Å². The molecule has 0 aliphatic heterocycles. The van der Waals surface area contributed by atoms with Crippen molar-refractivity contribution in [1.29, 1.82) is 0 Å². The van der Waals surface area contributed by atoms with E-state index >= 15 is 0 Å². The van der Waals surface area contributed by atoms with Gasteiger partial charge in [0, 0.05) is 23.1 Å². The second kappa shape index (κ2) is 9.15. The number of carbonyl (C=O) groups is 1. The topological polar surface area (TPSA) is 91.2 Å². The van der Waals surface area contributed by atoms with Gasteiger partial charge in [0.25, 0.3) is 0 Å². The van der Waals surface area contributed by atoms with Gasteiger partial charge in [-0.1, -0.05) is 23.2 Å². The van der Waals surface area contributed by atoms with Crippen LogP contribution in [-0.2, 0) is 4.79 Å². The molecule has 0 spiro atoms.